The van der Waals surface area contributed by atoms with E-state index in [1.165, 1.54) is 18.4 Å². The van der Waals surface area contributed by atoms with Crippen LogP contribution in [0.2, 0.25) is 0 Å². The average Bonchev–Trinajstić information content (AvgIpc) is 2.90. The maximum absolute atomic E-state index is 5.89. The number of ether oxygens (including phenoxy) is 2. The van der Waals surface area contributed by atoms with Gasteiger partial charge >= 0.3 is 0 Å². The molecule has 1 aromatic rings. The Morgan fingerprint density at radius 3 is 2.39 bits per heavy atom. The zero-order chi connectivity index (χ0) is 13.0. The first-order valence-corrected chi connectivity index (χ1v) is 6.63. The summed E-state index contributed by atoms with van der Waals surface area (Å²) < 4.78 is 11.4. The molecule has 1 fully saturated rings. The van der Waals surface area contributed by atoms with E-state index in [1.807, 2.05) is 26.3 Å². The van der Waals surface area contributed by atoms with Gasteiger partial charge in [-0.2, -0.15) is 0 Å². The van der Waals surface area contributed by atoms with Crippen LogP contribution in [0.5, 0.6) is 5.75 Å². The summed E-state index contributed by atoms with van der Waals surface area (Å²) in [6.07, 6.45) is 4.68. The van der Waals surface area contributed by atoms with Crippen molar-refractivity contribution < 1.29 is 9.47 Å². The Hall–Kier alpha value is -1.06. The molecule has 1 aromatic carbocycles. The molecule has 0 spiro atoms. The zero-order valence-electron chi connectivity index (χ0n) is 11.5. The molecule has 1 atom stereocenters. The number of methoxy groups -OCH3 is 2. The Kier molecular flexibility index (Phi) is 4.25. The average molecular weight is 249 g/mol. The van der Waals surface area contributed by atoms with Crippen molar-refractivity contribution in [3.05, 3.63) is 29.8 Å². The third-order valence-electron chi connectivity index (χ3n) is 4.12. The van der Waals surface area contributed by atoms with E-state index in [-0.39, 0.29) is 11.6 Å². The maximum atomic E-state index is 5.89. The van der Waals surface area contributed by atoms with Crippen LogP contribution < -0.4 is 10.1 Å². The first-order chi connectivity index (χ1) is 8.77. The van der Waals surface area contributed by atoms with Crippen LogP contribution in [-0.2, 0) is 4.74 Å². The quantitative estimate of drug-likeness (QED) is 0.870. The second-order valence-corrected chi connectivity index (χ2v) is 4.94. The second kappa shape index (κ2) is 5.72. The Morgan fingerprint density at radius 2 is 1.83 bits per heavy atom. The Bertz CT molecular complexity index is 386. The molecule has 0 saturated heterocycles. The lowest BCUT2D eigenvalue weighted by atomic mass is 9.86. The van der Waals surface area contributed by atoms with Crippen LogP contribution in [0.15, 0.2) is 24.3 Å². The number of likely N-dealkylation sites (N-methyl/N-ethyl adjacent to an activating group) is 1. The van der Waals surface area contributed by atoms with E-state index >= 15 is 0 Å². The van der Waals surface area contributed by atoms with Crippen LogP contribution in [0.25, 0.3) is 0 Å². The van der Waals surface area contributed by atoms with E-state index in [1.54, 1.807) is 7.11 Å². The molecule has 0 radical (unpaired) electrons. The monoisotopic (exact) mass is 249 g/mol. The largest absolute Gasteiger partial charge is 0.496 e. The molecule has 0 bridgehead atoms. The molecule has 3 nitrogen and oxygen atoms in total. The van der Waals surface area contributed by atoms with E-state index in [9.17, 15) is 0 Å². The molecule has 2 rings (SSSR count). The van der Waals surface area contributed by atoms with Crippen molar-refractivity contribution in [2.75, 3.05) is 21.3 Å². The van der Waals surface area contributed by atoms with Gasteiger partial charge in [0.25, 0.3) is 0 Å². The van der Waals surface area contributed by atoms with Gasteiger partial charge in [-0.3, -0.25) is 0 Å². The van der Waals surface area contributed by atoms with E-state index in [0.29, 0.717) is 0 Å². The van der Waals surface area contributed by atoms with Crippen LogP contribution in [0, 0.1) is 0 Å². The van der Waals surface area contributed by atoms with Crippen molar-refractivity contribution in [3.63, 3.8) is 0 Å². The summed E-state index contributed by atoms with van der Waals surface area (Å²) in [4.78, 5) is 0. The molecule has 100 valence electrons. The fourth-order valence-electron chi connectivity index (χ4n) is 3.19. The highest BCUT2D eigenvalue weighted by Gasteiger charge is 2.42. The van der Waals surface area contributed by atoms with Crippen molar-refractivity contribution >= 4 is 0 Å². The number of benzene rings is 1. The van der Waals surface area contributed by atoms with Gasteiger partial charge in [-0.15, -0.1) is 0 Å². The lowest BCUT2D eigenvalue weighted by Gasteiger charge is -2.37. The van der Waals surface area contributed by atoms with Gasteiger partial charge in [-0.05, 0) is 26.0 Å². The van der Waals surface area contributed by atoms with Gasteiger partial charge in [0.05, 0.1) is 18.8 Å². The van der Waals surface area contributed by atoms with Gasteiger partial charge in [0.2, 0.25) is 0 Å². The molecule has 0 aromatic heterocycles. The van der Waals surface area contributed by atoms with Crippen LogP contribution in [0.4, 0.5) is 0 Å². The number of rotatable bonds is 5. The molecule has 0 amide bonds. The highest BCUT2D eigenvalue weighted by atomic mass is 16.5. The molecule has 1 unspecified atom stereocenters. The van der Waals surface area contributed by atoms with E-state index < -0.39 is 0 Å². The molecule has 1 aliphatic rings. The summed E-state index contributed by atoms with van der Waals surface area (Å²) in [6.45, 7) is 0. The van der Waals surface area contributed by atoms with Gasteiger partial charge in [-0.25, -0.2) is 0 Å². The molecular weight excluding hydrogens is 226 g/mol. The Labute approximate surface area is 109 Å². The second-order valence-electron chi connectivity index (χ2n) is 4.94. The molecule has 1 aliphatic carbocycles. The maximum Gasteiger partial charge on any atom is 0.123 e. The molecule has 18 heavy (non-hydrogen) atoms. The van der Waals surface area contributed by atoms with Gasteiger partial charge in [0.1, 0.15) is 5.75 Å². The molecule has 0 aliphatic heterocycles. The zero-order valence-corrected chi connectivity index (χ0v) is 11.5. The number of nitrogens with one attached hydrogen (secondary N) is 1. The van der Waals surface area contributed by atoms with Gasteiger partial charge in [0, 0.05) is 12.7 Å². The topological polar surface area (TPSA) is 30.5 Å². The fourth-order valence-corrected chi connectivity index (χ4v) is 3.19. The highest BCUT2D eigenvalue weighted by molar-refractivity contribution is 5.37. The van der Waals surface area contributed by atoms with Crippen LogP contribution in [0.3, 0.4) is 0 Å². The first kappa shape index (κ1) is 13.4. The van der Waals surface area contributed by atoms with Crippen molar-refractivity contribution in [1.82, 2.24) is 5.32 Å². The lowest BCUT2D eigenvalue weighted by Crippen LogP contribution is -2.42. The normalized spacial score (nSPS) is 19.7. The number of para-hydroxylation sites is 1. The minimum atomic E-state index is -0.0939. The molecule has 0 heterocycles. The van der Waals surface area contributed by atoms with E-state index in [0.717, 1.165) is 18.6 Å². The molecule has 3 heteroatoms. The highest BCUT2D eigenvalue weighted by Crippen LogP contribution is 2.44. The predicted molar refractivity (Wildman–Crippen MR) is 73.0 cm³/mol. The van der Waals surface area contributed by atoms with Gasteiger partial charge in [-0.1, -0.05) is 31.0 Å². The Morgan fingerprint density at radius 1 is 1.17 bits per heavy atom. The number of hydrogen-bond donors (Lipinski definition) is 1. The summed E-state index contributed by atoms with van der Waals surface area (Å²) in [6, 6.07) is 8.38. The Balaban J connectivity index is 2.38. The van der Waals surface area contributed by atoms with Crippen LogP contribution in [-0.4, -0.2) is 26.9 Å². The molecule has 1 N–H and O–H groups in total. The van der Waals surface area contributed by atoms with Gasteiger partial charge < -0.3 is 14.8 Å². The summed E-state index contributed by atoms with van der Waals surface area (Å²) in [5, 5.41) is 3.42. The fraction of sp³-hybridized carbons (Fsp3) is 0.600. The summed E-state index contributed by atoms with van der Waals surface area (Å²) in [5.74, 6) is 0.931. The van der Waals surface area contributed by atoms with Crippen LogP contribution in [0.1, 0.15) is 37.3 Å². The lowest BCUT2D eigenvalue weighted by molar-refractivity contribution is -0.0354. The third-order valence-corrected chi connectivity index (χ3v) is 4.12. The summed E-state index contributed by atoms with van der Waals surface area (Å²) in [7, 11) is 5.54. The third kappa shape index (κ3) is 2.25. The SMILES string of the molecule is CNC(c1ccccc1OC)C1(OC)CCCC1. The number of hydrogen-bond acceptors (Lipinski definition) is 3. The van der Waals surface area contributed by atoms with E-state index in [4.69, 9.17) is 9.47 Å². The van der Waals surface area contributed by atoms with Crippen molar-refractivity contribution in [2.45, 2.75) is 37.3 Å². The van der Waals surface area contributed by atoms with Crippen molar-refractivity contribution in [3.8, 4) is 5.75 Å². The summed E-state index contributed by atoms with van der Waals surface area (Å²) >= 11 is 0. The van der Waals surface area contributed by atoms with Crippen LogP contribution >= 0.6 is 0 Å². The van der Waals surface area contributed by atoms with E-state index in [2.05, 4.69) is 17.4 Å². The standard InChI is InChI=1S/C15H23NO2/c1-16-14(15(18-3)10-6-7-11-15)12-8-4-5-9-13(12)17-2/h4-5,8-9,14,16H,6-7,10-11H2,1-3H3. The van der Waals surface area contributed by atoms with Crippen molar-refractivity contribution in [1.29, 1.82) is 0 Å². The molecule has 1 saturated carbocycles. The first-order valence-electron chi connectivity index (χ1n) is 6.63. The minimum absolute atomic E-state index is 0.0939. The van der Waals surface area contributed by atoms with Crippen molar-refractivity contribution in [2.24, 2.45) is 0 Å². The predicted octanol–water partition coefficient (Wildman–Crippen LogP) is 2.91. The van der Waals surface area contributed by atoms with Gasteiger partial charge in [0.15, 0.2) is 0 Å². The molecular formula is C15H23NO2. The summed E-state index contributed by atoms with van der Waals surface area (Å²) in [5.41, 5.74) is 1.09. The smallest absolute Gasteiger partial charge is 0.123 e. The minimum Gasteiger partial charge on any atom is -0.496 e.